The number of halogens is 1. The van der Waals surface area contributed by atoms with Crippen LogP contribution >= 0.6 is 11.8 Å². The van der Waals surface area contributed by atoms with Gasteiger partial charge in [0.15, 0.2) is 11.0 Å². The molecule has 0 amide bonds. The van der Waals surface area contributed by atoms with Gasteiger partial charge in [0.05, 0.1) is 5.56 Å². The van der Waals surface area contributed by atoms with Crippen molar-refractivity contribution in [2.75, 3.05) is 0 Å². The summed E-state index contributed by atoms with van der Waals surface area (Å²) in [6.45, 7) is 4.07. The van der Waals surface area contributed by atoms with E-state index in [0.717, 1.165) is 34.2 Å². The molecule has 2 heterocycles. The summed E-state index contributed by atoms with van der Waals surface area (Å²) in [7, 11) is 0. The van der Waals surface area contributed by atoms with Crippen LogP contribution in [0.4, 0.5) is 4.39 Å². The summed E-state index contributed by atoms with van der Waals surface area (Å²) in [5.41, 5.74) is 4.48. The first-order valence-electron chi connectivity index (χ1n) is 11.0. The summed E-state index contributed by atoms with van der Waals surface area (Å²) < 4.78 is 21.9. The van der Waals surface area contributed by atoms with E-state index in [4.69, 9.17) is 4.42 Å². The van der Waals surface area contributed by atoms with Crippen LogP contribution in [0.15, 0.2) is 87.2 Å². The van der Waals surface area contributed by atoms with Crippen molar-refractivity contribution in [3.8, 4) is 17.1 Å². The highest BCUT2D eigenvalue weighted by Gasteiger charge is 2.19. The van der Waals surface area contributed by atoms with E-state index in [1.165, 1.54) is 23.9 Å². The lowest BCUT2D eigenvalue weighted by Crippen LogP contribution is -2.02. The number of benzene rings is 3. The van der Waals surface area contributed by atoms with Gasteiger partial charge in [-0.05, 0) is 54.8 Å². The number of aromatic nitrogens is 3. The predicted octanol–water partition coefficient (Wildman–Crippen LogP) is 6.34. The van der Waals surface area contributed by atoms with Crippen molar-refractivity contribution < 1.29 is 8.81 Å². The van der Waals surface area contributed by atoms with Crippen LogP contribution in [-0.4, -0.2) is 14.8 Å². The van der Waals surface area contributed by atoms with Crippen LogP contribution < -0.4 is 5.63 Å². The maximum atomic E-state index is 14.6. The molecule has 0 spiro atoms. The Labute approximate surface area is 200 Å². The van der Waals surface area contributed by atoms with Gasteiger partial charge in [-0.3, -0.25) is 4.57 Å². The molecular formula is C27H22FN3O2S. The fourth-order valence-electron chi connectivity index (χ4n) is 3.86. The SMILES string of the molecule is CCc1ccc2c(CSc3nnc(-c4ccccc4F)n3-c3ccc(C)cc3)cc(=O)oc2c1. The van der Waals surface area contributed by atoms with Gasteiger partial charge in [-0.1, -0.05) is 60.6 Å². The van der Waals surface area contributed by atoms with Crippen molar-refractivity contribution in [3.05, 3.63) is 106 Å². The van der Waals surface area contributed by atoms with Crippen molar-refractivity contribution in [2.45, 2.75) is 31.2 Å². The maximum Gasteiger partial charge on any atom is 0.336 e. The molecule has 0 atom stereocenters. The lowest BCUT2D eigenvalue weighted by Gasteiger charge is -2.12. The molecule has 5 rings (SSSR count). The third-order valence-electron chi connectivity index (χ3n) is 5.70. The number of fused-ring (bicyclic) bond motifs is 1. The van der Waals surface area contributed by atoms with Crippen LogP contribution in [0, 0.1) is 12.7 Å². The van der Waals surface area contributed by atoms with E-state index in [9.17, 15) is 9.18 Å². The zero-order valence-corrected chi connectivity index (χ0v) is 19.6. The summed E-state index contributed by atoms with van der Waals surface area (Å²) >= 11 is 1.44. The normalized spacial score (nSPS) is 11.3. The highest BCUT2D eigenvalue weighted by atomic mass is 32.2. The molecule has 0 aliphatic heterocycles. The van der Waals surface area contributed by atoms with E-state index in [-0.39, 0.29) is 11.4 Å². The van der Waals surface area contributed by atoms with Crippen LogP contribution in [0.3, 0.4) is 0 Å². The third kappa shape index (κ3) is 4.26. The molecule has 0 aliphatic carbocycles. The number of rotatable bonds is 6. The molecule has 0 unspecified atom stereocenters. The van der Waals surface area contributed by atoms with Gasteiger partial charge in [0, 0.05) is 22.9 Å². The quantitative estimate of drug-likeness (QED) is 0.214. The molecule has 0 N–H and O–H groups in total. The standard InChI is InChI=1S/C27H22FN3O2S/c1-3-18-10-13-21-19(15-25(32)33-24(21)14-18)16-34-27-30-29-26(22-6-4-5-7-23(22)28)31(27)20-11-8-17(2)9-12-20/h4-15H,3,16H2,1-2H3. The molecule has 0 aliphatic rings. The van der Waals surface area contributed by atoms with E-state index >= 15 is 0 Å². The fourth-order valence-corrected chi connectivity index (χ4v) is 4.81. The van der Waals surface area contributed by atoms with Gasteiger partial charge < -0.3 is 4.42 Å². The van der Waals surface area contributed by atoms with Crippen molar-refractivity contribution in [1.82, 2.24) is 14.8 Å². The number of hydrogen-bond donors (Lipinski definition) is 0. The monoisotopic (exact) mass is 471 g/mol. The summed E-state index contributed by atoms with van der Waals surface area (Å²) in [6, 6.07) is 21.9. The van der Waals surface area contributed by atoms with Gasteiger partial charge in [-0.15, -0.1) is 10.2 Å². The van der Waals surface area contributed by atoms with Crippen molar-refractivity contribution >= 4 is 22.7 Å². The van der Waals surface area contributed by atoms with E-state index < -0.39 is 0 Å². The molecule has 34 heavy (non-hydrogen) atoms. The molecule has 0 bridgehead atoms. The first kappa shape index (κ1) is 22.1. The lowest BCUT2D eigenvalue weighted by molar-refractivity contribution is 0.559. The molecular weight excluding hydrogens is 449 g/mol. The minimum atomic E-state index is -0.386. The van der Waals surface area contributed by atoms with Crippen LogP contribution in [0.2, 0.25) is 0 Å². The number of hydrogen-bond acceptors (Lipinski definition) is 5. The largest absolute Gasteiger partial charge is 0.423 e. The number of thioether (sulfide) groups is 1. The minimum absolute atomic E-state index is 0.363. The molecule has 7 heteroatoms. The van der Waals surface area contributed by atoms with Crippen LogP contribution in [-0.2, 0) is 12.2 Å². The molecule has 3 aromatic carbocycles. The van der Waals surface area contributed by atoms with Gasteiger partial charge in [0.1, 0.15) is 11.4 Å². The number of nitrogens with zero attached hydrogens (tertiary/aromatic N) is 3. The molecule has 0 fully saturated rings. The van der Waals surface area contributed by atoms with E-state index in [1.807, 2.05) is 54.0 Å². The third-order valence-corrected chi connectivity index (χ3v) is 6.68. The predicted molar refractivity (Wildman–Crippen MR) is 133 cm³/mol. The number of aryl methyl sites for hydroxylation is 2. The second kappa shape index (κ2) is 9.27. The van der Waals surface area contributed by atoms with Gasteiger partial charge in [0.25, 0.3) is 0 Å². The second-order valence-electron chi connectivity index (χ2n) is 8.02. The Hall–Kier alpha value is -3.71. The molecule has 5 aromatic rings. The van der Waals surface area contributed by atoms with Crippen molar-refractivity contribution in [2.24, 2.45) is 0 Å². The Kier molecular flexibility index (Phi) is 6.02. The van der Waals surface area contributed by atoms with Gasteiger partial charge in [-0.25, -0.2) is 9.18 Å². The summed E-state index contributed by atoms with van der Waals surface area (Å²) in [5, 5.41) is 10.2. The molecule has 0 radical (unpaired) electrons. The second-order valence-corrected chi connectivity index (χ2v) is 8.96. The Balaban J connectivity index is 1.57. The Morgan fingerprint density at radius 2 is 1.79 bits per heavy atom. The zero-order valence-electron chi connectivity index (χ0n) is 18.8. The van der Waals surface area contributed by atoms with Crippen LogP contribution in [0.1, 0.15) is 23.6 Å². The molecule has 2 aromatic heterocycles. The molecule has 0 saturated carbocycles. The fraction of sp³-hybridized carbons (Fsp3) is 0.148. The summed E-state index contributed by atoms with van der Waals surface area (Å²) in [4.78, 5) is 12.2. The van der Waals surface area contributed by atoms with Crippen LogP contribution in [0.5, 0.6) is 0 Å². The first-order chi connectivity index (χ1) is 16.5. The van der Waals surface area contributed by atoms with E-state index in [0.29, 0.717) is 27.9 Å². The molecule has 5 nitrogen and oxygen atoms in total. The summed E-state index contributed by atoms with van der Waals surface area (Å²) in [6.07, 6.45) is 0.858. The summed E-state index contributed by atoms with van der Waals surface area (Å²) in [5.74, 6) is 0.544. The Morgan fingerprint density at radius 1 is 1.00 bits per heavy atom. The van der Waals surface area contributed by atoms with Crippen LogP contribution in [0.25, 0.3) is 28.0 Å². The Morgan fingerprint density at radius 3 is 2.56 bits per heavy atom. The van der Waals surface area contributed by atoms with Crippen molar-refractivity contribution in [1.29, 1.82) is 0 Å². The smallest absolute Gasteiger partial charge is 0.336 e. The van der Waals surface area contributed by atoms with E-state index in [2.05, 4.69) is 17.1 Å². The van der Waals surface area contributed by atoms with Gasteiger partial charge >= 0.3 is 5.63 Å². The first-order valence-corrected chi connectivity index (χ1v) is 12.0. The van der Waals surface area contributed by atoms with E-state index in [1.54, 1.807) is 18.2 Å². The van der Waals surface area contributed by atoms with Gasteiger partial charge in [-0.2, -0.15) is 0 Å². The average Bonchev–Trinajstić information content (AvgIpc) is 3.26. The zero-order chi connectivity index (χ0) is 23.7. The highest BCUT2D eigenvalue weighted by Crippen LogP contribution is 2.32. The lowest BCUT2D eigenvalue weighted by atomic mass is 10.1. The topological polar surface area (TPSA) is 60.9 Å². The van der Waals surface area contributed by atoms with Crippen molar-refractivity contribution in [3.63, 3.8) is 0 Å². The molecule has 170 valence electrons. The molecule has 0 saturated heterocycles. The maximum absolute atomic E-state index is 14.6. The minimum Gasteiger partial charge on any atom is -0.423 e. The highest BCUT2D eigenvalue weighted by molar-refractivity contribution is 7.98. The average molecular weight is 472 g/mol. The Bertz CT molecular complexity index is 1540. The van der Waals surface area contributed by atoms with Gasteiger partial charge in [0.2, 0.25) is 0 Å².